The van der Waals surface area contributed by atoms with E-state index in [1.807, 2.05) is 0 Å². The van der Waals surface area contributed by atoms with Crippen molar-refractivity contribution in [3.8, 4) is 28.9 Å². The summed E-state index contributed by atoms with van der Waals surface area (Å²) in [4.78, 5) is 100. The lowest BCUT2D eigenvalue weighted by atomic mass is 9.89. The maximum atomic E-state index is 12.5. The van der Waals surface area contributed by atoms with Gasteiger partial charge in [-0.05, 0) is 232 Å². The summed E-state index contributed by atoms with van der Waals surface area (Å²) in [5.41, 5.74) is -0.442. The number of aromatic amines is 2. The molecule has 1 atom stereocenters. The van der Waals surface area contributed by atoms with Gasteiger partial charge in [-0.25, -0.2) is 47.9 Å². The Morgan fingerprint density at radius 1 is 0.624 bits per heavy atom. The standard InChI is InChI=1S/C17H17ClN2O4.C15H15ClN2O4.C15H25N3O2S.C10H11Cl2NO2.C7H14O3S.C6H7NO.C5H5NO2/c1-17(6-7-17)8-10-24-12-3-2-9-20(15(12)21)13-5-4-11(16(22)23)14(18)19-13;1-15(2,3)22-14(21)9-6-7-11(17-12(9)16)18-8-4-5-10(19)13(18)20;1-15(2)9-8-12(11-15)5-4-10-17-13-6-3-7-14(18-13)21(16,19)20;1-10(2,3)15-9(14)6-4-5-7(11)13-8(6)12;1-7(3-4-7)5-6-10-11(2,8)9;1-5-3-2-4-7-6(5)8;7-4-2-1-3-6-5(4)8/h2-5,9H,6-8,10H2,1H3,(H,22,23);4-8,19H,1-3H3;3,6-7,12H,4-5,8-11H2,1-2H3,(H,17,18)(H2,16,19,20);4-5H,1-3H3;3-6H2,1-2H3;2-4H,1H3,(H,7,8);1-3,7H,(H,6,8)/t;;12-;;;;/m..1..../s1. The maximum Gasteiger partial charge on any atom is 0.341 e. The zero-order chi connectivity index (χ0) is 81.5. The van der Waals surface area contributed by atoms with Gasteiger partial charge in [-0.2, -0.15) is 8.42 Å². The summed E-state index contributed by atoms with van der Waals surface area (Å²) >= 11 is 23.2. The number of pyridine rings is 8. The van der Waals surface area contributed by atoms with Gasteiger partial charge in [0.1, 0.15) is 49.3 Å². The molecule has 34 heteroatoms. The fourth-order valence-electron chi connectivity index (χ4n) is 9.89. The number of sulfonamides is 1. The predicted octanol–water partition coefficient (Wildman–Crippen LogP) is 13.7. The van der Waals surface area contributed by atoms with Crippen LogP contribution in [-0.2, 0) is 33.8 Å². The Bertz CT molecular complexity index is 4870. The highest BCUT2D eigenvalue weighted by atomic mass is 35.5. The zero-order valence-electron chi connectivity index (χ0n) is 62.7. The lowest BCUT2D eigenvalue weighted by Gasteiger charge is -2.19. The number of hydrogen-bond donors (Lipinski definition) is 7. The van der Waals surface area contributed by atoms with Gasteiger partial charge >= 0.3 is 17.9 Å². The second-order valence-corrected chi connectivity index (χ2v) is 33.8. The first kappa shape index (κ1) is 90.6. The van der Waals surface area contributed by atoms with E-state index in [1.54, 1.807) is 97.1 Å². The number of hydrogen-bond acceptors (Lipinski definition) is 22. The van der Waals surface area contributed by atoms with E-state index in [0.29, 0.717) is 35.3 Å². The van der Waals surface area contributed by atoms with Crippen LogP contribution in [0, 0.1) is 29.1 Å². The summed E-state index contributed by atoms with van der Waals surface area (Å²) in [5.74, 6) is -0.855. The molecule has 0 bridgehead atoms. The number of aromatic hydroxyl groups is 2. The topological polar surface area (TPSA) is 416 Å². The summed E-state index contributed by atoms with van der Waals surface area (Å²) in [7, 11) is -6.95. The molecule has 3 fully saturated rings. The van der Waals surface area contributed by atoms with E-state index in [9.17, 15) is 55.5 Å². The van der Waals surface area contributed by atoms with Crippen molar-refractivity contribution in [1.29, 1.82) is 0 Å². The van der Waals surface area contributed by atoms with E-state index in [-0.39, 0.29) is 76.6 Å². The van der Waals surface area contributed by atoms with Crippen LogP contribution in [-0.4, -0.2) is 126 Å². The first-order valence-electron chi connectivity index (χ1n) is 34.4. The number of aromatic nitrogens is 8. The number of aromatic carboxylic acids is 1. The van der Waals surface area contributed by atoms with Gasteiger partial charge in [0.25, 0.3) is 42.4 Å². The maximum absolute atomic E-state index is 12.5. The lowest BCUT2D eigenvalue weighted by Crippen LogP contribution is -2.24. The van der Waals surface area contributed by atoms with Crippen LogP contribution in [0.4, 0.5) is 5.82 Å². The third kappa shape index (κ3) is 32.6. The minimum absolute atomic E-state index is 0.00694. The van der Waals surface area contributed by atoms with Crippen LogP contribution in [0.15, 0.2) is 152 Å². The first-order chi connectivity index (χ1) is 50.7. The second kappa shape index (κ2) is 40.1. The van der Waals surface area contributed by atoms with E-state index in [2.05, 4.69) is 67.1 Å². The van der Waals surface area contributed by atoms with Crippen molar-refractivity contribution in [2.45, 2.75) is 163 Å². The number of carboxylic acids is 1. The minimum atomic E-state index is -3.73. The van der Waals surface area contributed by atoms with Gasteiger partial charge in [0.05, 0.1) is 36.2 Å². The van der Waals surface area contributed by atoms with Crippen molar-refractivity contribution in [3.63, 3.8) is 0 Å². The van der Waals surface area contributed by atoms with E-state index in [4.69, 9.17) is 76.0 Å². The molecule has 8 N–H and O–H groups in total. The number of anilines is 1. The highest BCUT2D eigenvalue weighted by Gasteiger charge is 2.38. The summed E-state index contributed by atoms with van der Waals surface area (Å²) in [6.45, 7) is 23.0. The van der Waals surface area contributed by atoms with Crippen molar-refractivity contribution in [2.75, 3.05) is 31.3 Å². The first-order valence-corrected chi connectivity index (χ1v) is 39.2. The number of rotatable bonds is 19. The predicted molar refractivity (Wildman–Crippen MR) is 418 cm³/mol. The van der Waals surface area contributed by atoms with Crippen LogP contribution >= 0.6 is 46.4 Å². The zero-order valence-corrected chi connectivity index (χ0v) is 67.3. The summed E-state index contributed by atoms with van der Waals surface area (Å²) in [6, 6.07) is 25.9. The number of nitrogens with two attached hydrogens (primary N) is 1. The molecule has 592 valence electrons. The number of H-pyrrole nitrogens is 2. The van der Waals surface area contributed by atoms with Crippen LogP contribution in [0.25, 0.3) is 11.6 Å². The highest BCUT2D eigenvalue weighted by Crippen LogP contribution is 2.49. The van der Waals surface area contributed by atoms with Crippen LogP contribution in [0.1, 0.15) is 177 Å². The van der Waals surface area contributed by atoms with Gasteiger partial charge in [0.15, 0.2) is 22.3 Å². The molecule has 0 spiro atoms. The fourth-order valence-corrected chi connectivity index (χ4v) is 11.6. The van der Waals surface area contributed by atoms with Crippen molar-refractivity contribution in [1.82, 2.24) is 39.0 Å². The van der Waals surface area contributed by atoms with E-state index < -0.39 is 66.1 Å². The molecule has 0 aliphatic heterocycles. The largest absolute Gasteiger partial charge is 0.503 e. The average molecular weight is 1630 g/mol. The minimum Gasteiger partial charge on any atom is -0.503 e. The monoisotopic (exact) mass is 1630 g/mol. The molecular formula is C75H94Cl4N10O18S2. The van der Waals surface area contributed by atoms with Gasteiger partial charge < -0.3 is 44.8 Å². The fraction of sp³-hybridized carbons (Fsp3) is 0.427. The Labute approximate surface area is 652 Å². The van der Waals surface area contributed by atoms with Gasteiger partial charge in [0, 0.05) is 36.9 Å². The molecule has 3 aliphatic rings. The molecule has 8 heterocycles. The molecule has 3 aliphatic carbocycles. The van der Waals surface area contributed by atoms with E-state index in [1.165, 1.54) is 135 Å². The SMILES string of the molecule is CC(C)(C)OC(=O)c1ccc(-n2cccc(O)c2=O)nc1Cl.CC(C)(C)OC(=O)c1ccc(Cl)nc1Cl.CC1(C)CC[C@@H](CCCNc2cccc(S(N)(=O)=O)n2)C1.CC1(CCOS(C)(=O)=O)CC1.CC1(CCOc2cccn(-c3ccc(C(=O)O)c(Cl)n3)c2=O)CC1.Cc1ccc[nH]c1=O.O=c1[nH]cccc1O. The Kier molecular flexibility index (Phi) is 33.3. The number of ether oxygens (including phenoxy) is 3. The third-order valence-electron chi connectivity index (χ3n) is 16.5. The van der Waals surface area contributed by atoms with Gasteiger partial charge in [-0.1, -0.05) is 86.2 Å². The Hall–Kier alpha value is -9.01. The number of nitrogens with zero attached hydrogens (tertiary/aromatic N) is 6. The van der Waals surface area contributed by atoms with E-state index in [0.717, 1.165) is 48.1 Å². The van der Waals surface area contributed by atoms with Crippen molar-refractivity contribution < 1.29 is 64.9 Å². The normalized spacial score (nSPS) is 14.8. The quantitative estimate of drug-likeness (QED) is 0.0171. The number of aryl methyl sites for hydroxylation is 1. The molecule has 109 heavy (non-hydrogen) atoms. The lowest BCUT2D eigenvalue weighted by molar-refractivity contribution is 0.00567. The molecule has 28 nitrogen and oxygen atoms in total. The molecule has 0 radical (unpaired) electrons. The van der Waals surface area contributed by atoms with Crippen LogP contribution < -0.4 is 37.4 Å². The molecule has 0 saturated heterocycles. The summed E-state index contributed by atoms with van der Waals surface area (Å²) in [6.07, 6.45) is 20.0. The molecular weight excluding hydrogens is 1530 g/mol. The molecule has 0 amide bonds. The number of halogens is 4. The summed E-state index contributed by atoms with van der Waals surface area (Å²) in [5, 5.41) is 35.2. The highest BCUT2D eigenvalue weighted by molar-refractivity contribution is 7.89. The van der Waals surface area contributed by atoms with Crippen molar-refractivity contribution in [2.24, 2.45) is 27.3 Å². The second-order valence-electron chi connectivity index (χ2n) is 29.2. The van der Waals surface area contributed by atoms with Crippen LogP contribution in [0.5, 0.6) is 17.2 Å². The molecule has 11 rings (SSSR count). The molecule has 0 aromatic carbocycles. The molecule has 8 aromatic heterocycles. The van der Waals surface area contributed by atoms with Crippen molar-refractivity contribution >= 4 is 90.3 Å². The van der Waals surface area contributed by atoms with Gasteiger partial charge in [-0.3, -0.25) is 32.5 Å². The number of esters is 2. The summed E-state index contributed by atoms with van der Waals surface area (Å²) < 4.78 is 66.5. The molecule has 8 aromatic rings. The molecule has 0 unspecified atom stereocenters. The van der Waals surface area contributed by atoms with Crippen molar-refractivity contribution in [3.05, 3.63) is 212 Å². The van der Waals surface area contributed by atoms with Crippen LogP contribution in [0.2, 0.25) is 20.6 Å². The Morgan fingerprint density at radius 3 is 1.58 bits per heavy atom. The number of carbonyl (C=O) groups is 3. The van der Waals surface area contributed by atoms with Gasteiger partial charge in [-0.15, -0.1) is 0 Å². The number of primary sulfonamides is 1. The third-order valence-corrected chi connectivity index (χ3v) is 18.9. The smallest absolute Gasteiger partial charge is 0.341 e. The average Bonchev–Trinajstić information content (AvgIpc) is 1.80. The Morgan fingerprint density at radius 2 is 1.13 bits per heavy atom. The Balaban J connectivity index is 0.000000236. The van der Waals surface area contributed by atoms with Gasteiger partial charge in [0.2, 0.25) is 0 Å². The van der Waals surface area contributed by atoms with Crippen LogP contribution in [0.3, 0.4) is 0 Å². The molecule has 3 saturated carbocycles. The van der Waals surface area contributed by atoms with E-state index >= 15 is 0 Å². The number of carboxylic acid groups (broad SMARTS) is 1. The number of nitrogens with one attached hydrogen (secondary N) is 3. The number of carbonyl (C=O) groups excluding carboxylic acids is 2.